The number of nitrogens with two attached hydrogens (primary N) is 1. The van der Waals surface area contributed by atoms with Crippen molar-refractivity contribution in [2.45, 2.75) is 0 Å². The molecule has 0 amide bonds. The Morgan fingerprint density at radius 2 is 1.25 bits per heavy atom. The van der Waals surface area contributed by atoms with Crippen molar-refractivity contribution >= 4 is 24.2 Å². The number of rotatable bonds is 0. The van der Waals surface area contributed by atoms with Crippen molar-refractivity contribution in [3.8, 4) is 0 Å². The molecule has 0 fully saturated rings. The minimum Gasteiger partial charge on any atom is -0.344 e. The summed E-state index contributed by atoms with van der Waals surface area (Å²) < 4.78 is 0. The van der Waals surface area contributed by atoms with Gasteiger partial charge in [0.25, 0.3) is 0 Å². The van der Waals surface area contributed by atoms with Crippen LogP contribution in [0.1, 0.15) is 0 Å². The lowest BCUT2D eigenvalue weighted by Gasteiger charge is -1.14. The second-order valence-electron chi connectivity index (χ2n) is 0. The van der Waals surface area contributed by atoms with E-state index in [1.807, 2.05) is 0 Å². The lowest BCUT2D eigenvalue weighted by Crippen LogP contribution is -1.48. The maximum atomic E-state index is 4.14. The molecule has 5 N–H and O–H groups in total. The van der Waals surface area contributed by atoms with Crippen molar-refractivity contribution < 1.29 is 0 Å². The van der Waals surface area contributed by atoms with E-state index >= 15 is 0 Å². The predicted molar refractivity (Wildman–Crippen MR) is 22.3 cm³/mol. The van der Waals surface area contributed by atoms with Crippen LogP contribution in [0.2, 0.25) is 0 Å². The van der Waals surface area contributed by atoms with Crippen molar-refractivity contribution in [2.24, 2.45) is 5.25 Å². The van der Waals surface area contributed by atoms with E-state index in [2.05, 4.69) is 17.0 Å². The summed E-state index contributed by atoms with van der Waals surface area (Å²) >= 11 is 4.14. The summed E-state index contributed by atoms with van der Waals surface area (Å²) in [5.41, 5.74) is 0. The van der Waals surface area contributed by atoms with E-state index in [-0.39, 0.29) is 18.6 Å². The van der Waals surface area contributed by atoms with Crippen molar-refractivity contribution in [1.29, 1.82) is 0 Å². The van der Waals surface area contributed by atoms with E-state index in [4.69, 9.17) is 0 Å². The molecule has 4 heteroatoms. The van der Waals surface area contributed by atoms with E-state index < -0.39 is 0 Å². The first-order valence-electron chi connectivity index (χ1n) is 0.218. The first-order valence-corrected chi connectivity index (χ1v) is 0.655. The molecule has 0 atom stereocenters. The van der Waals surface area contributed by atoms with Gasteiger partial charge in [0.05, 0.1) is 0 Å². The summed E-state index contributed by atoms with van der Waals surface area (Å²) in [5.74, 6) is 0. The zero-order chi connectivity index (χ0) is 2.00. The molecule has 0 aliphatic rings. The quantitative estimate of drug-likeness (QED) is 0.445. The molecule has 2 nitrogen and oxygen atoms in total. The second-order valence-corrected chi connectivity index (χ2v) is 0. The van der Waals surface area contributed by atoms with E-state index in [1.165, 1.54) is 0 Å². The predicted octanol–water partition coefficient (Wildman–Crippen LogP) is 0.683. The van der Waals surface area contributed by atoms with Gasteiger partial charge in [-0.2, -0.15) is 0 Å². The summed E-state index contributed by atoms with van der Waals surface area (Å²) in [6.07, 6.45) is 0. The lowest BCUT2D eigenvalue weighted by molar-refractivity contribution is 2.00. The van der Waals surface area contributed by atoms with Gasteiger partial charge in [-0.15, -0.1) is 12.4 Å². The summed E-state index contributed by atoms with van der Waals surface area (Å²) in [5, 5.41) is 3.97. The SMILES string of the molecule is Cl.N.NCl. The molecule has 0 saturated heterocycles. The van der Waals surface area contributed by atoms with E-state index in [0.29, 0.717) is 0 Å². The number of hydrogen-bond acceptors (Lipinski definition) is 2. The largest absolute Gasteiger partial charge is 0.344 e. The van der Waals surface area contributed by atoms with Crippen LogP contribution in [0.4, 0.5) is 0 Å². The van der Waals surface area contributed by atoms with Crippen LogP contribution in [-0.2, 0) is 0 Å². The minimum atomic E-state index is 0. The van der Waals surface area contributed by atoms with Crippen molar-refractivity contribution in [3.63, 3.8) is 0 Å². The fourth-order valence-corrected chi connectivity index (χ4v) is 0. The van der Waals surface area contributed by atoms with E-state index in [1.54, 1.807) is 0 Å². The van der Waals surface area contributed by atoms with Gasteiger partial charge in [-0.3, -0.25) is 0 Å². The lowest BCUT2D eigenvalue weighted by atomic mass is 14.0. The Kier molecular flexibility index (Phi) is 536. The van der Waals surface area contributed by atoms with Crippen LogP contribution in [0.5, 0.6) is 0 Å². The molecule has 30 valence electrons. The Morgan fingerprint density at radius 3 is 1.25 bits per heavy atom. The zero-order valence-electron chi connectivity index (χ0n) is 2.07. The maximum Gasteiger partial charge on any atom is -0.0285 e. The Bertz CT molecular complexity index is 4.00. The molecular formula is H6Cl2N2. The van der Waals surface area contributed by atoms with Gasteiger partial charge in [0.15, 0.2) is 0 Å². The summed E-state index contributed by atoms with van der Waals surface area (Å²) in [6, 6.07) is 0. The van der Waals surface area contributed by atoms with Crippen LogP contribution in [0.15, 0.2) is 0 Å². The summed E-state index contributed by atoms with van der Waals surface area (Å²) in [4.78, 5) is 0. The Hall–Kier alpha value is 0.500. The molecule has 0 heterocycles. The summed E-state index contributed by atoms with van der Waals surface area (Å²) in [7, 11) is 0. The molecule has 0 rings (SSSR count). The average Bonchev–Trinajstić information content (AvgIpc) is 1.00. The fourth-order valence-electron chi connectivity index (χ4n) is 0. The average molecular weight is 105 g/mol. The van der Waals surface area contributed by atoms with Crippen LogP contribution in [0.25, 0.3) is 0 Å². The minimum absolute atomic E-state index is 0. The summed E-state index contributed by atoms with van der Waals surface area (Å²) in [6.45, 7) is 0. The van der Waals surface area contributed by atoms with Crippen molar-refractivity contribution in [2.75, 3.05) is 0 Å². The monoisotopic (exact) mass is 104 g/mol. The molecular weight excluding hydrogens is 98.9 g/mol. The van der Waals surface area contributed by atoms with Crippen LogP contribution in [0.3, 0.4) is 0 Å². The first kappa shape index (κ1) is 24.5. The molecule has 0 saturated carbocycles. The Labute approximate surface area is 36.4 Å². The van der Waals surface area contributed by atoms with Gasteiger partial charge in [0.1, 0.15) is 0 Å². The highest BCUT2D eigenvalue weighted by Gasteiger charge is 0.868. The molecule has 0 aromatic rings. The van der Waals surface area contributed by atoms with Crippen LogP contribution < -0.4 is 11.4 Å². The fraction of sp³-hybridized carbons (Fsp3) is 0. The van der Waals surface area contributed by atoms with Gasteiger partial charge in [0, 0.05) is 0 Å². The van der Waals surface area contributed by atoms with Crippen LogP contribution in [0, 0.1) is 0 Å². The molecule has 0 unspecified atom stereocenters. The van der Waals surface area contributed by atoms with Gasteiger partial charge >= 0.3 is 0 Å². The third-order valence-electron chi connectivity index (χ3n) is 0. The highest BCUT2D eigenvalue weighted by molar-refractivity contribution is 6.11. The highest BCUT2D eigenvalue weighted by Crippen LogP contribution is 1.15. The van der Waals surface area contributed by atoms with Gasteiger partial charge in [-0.1, -0.05) is 0 Å². The topological polar surface area (TPSA) is 61.0 Å². The third kappa shape index (κ3) is 22.5. The molecule has 0 spiro atoms. The molecule has 0 aliphatic carbocycles. The Morgan fingerprint density at radius 1 is 1.25 bits per heavy atom. The molecule has 0 aromatic heterocycles. The number of halogens is 2. The standard InChI is InChI=1S/ClH2N.ClH.H3N/c1-2;;/h2H2;1H;1H3. The molecule has 0 aromatic carbocycles. The van der Waals surface area contributed by atoms with Crippen LogP contribution >= 0.6 is 24.2 Å². The Balaban J connectivity index is -0.00000000500. The molecule has 0 aliphatic heterocycles. The second kappa shape index (κ2) is 87.5. The number of hydrogen-bond donors (Lipinski definition) is 2. The zero-order valence-corrected chi connectivity index (χ0v) is 3.64. The molecule has 0 radical (unpaired) electrons. The van der Waals surface area contributed by atoms with Crippen molar-refractivity contribution in [1.82, 2.24) is 6.15 Å². The maximum absolute atomic E-state index is 4.14. The first-order chi connectivity index (χ1) is 1.00. The van der Waals surface area contributed by atoms with E-state index in [0.717, 1.165) is 0 Å². The highest BCUT2D eigenvalue weighted by atomic mass is 35.5. The normalized spacial score (nSPS) is 1.50. The van der Waals surface area contributed by atoms with Gasteiger partial charge in [0.2, 0.25) is 0 Å². The molecule has 0 bridgehead atoms. The van der Waals surface area contributed by atoms with Crippen molar-refractivity contribution in [3.05, 3.63) is 0 Å². The van der Waals surface area contributed by atoms with Gasteiger partial charge < -0.3 is 6.15 Å². The van der Waals surface area contributed by atoms with Gasteiger partial charge in [-0.25, -0.2) is 5.25 Å². The van der Waals surface area contributed by atoms with E-state index in [9.17, 15) is 0 Å². The smallest absolute Gasteiger partial charge is 0.0285 e. The van der Waals surface area contributed by atoms with Crippen LogP contribution in [-0.4, -0.2) is 0 Å². The molecule has 4 heavy (non-hydrogen) atoms. The van der Waals surface area contributed by atoms with Gasteiger partial charge in [-0.05, 0) is 11.8 Å². The third-order valence-corrected chi connectivity index (χ3v) is 0.